The van der Waals surface area contributed by atoms with Crippen LogP contribution >= 0.6 is 0 Å². The minimum absolute atomic E-state index is 0.0443. The number of phenols is 1. The van der Waals surface area contributed by atoms with Crippen LogP contribution in [0.1, 0.15) is 58.9 Å². The SMILES string of the molecule is C#Cc1c(F)ccc2cc(O)cc(-c3nc(OC(C)C)c4c(N5CC(C)NC(C)C5)nc(OCC5(CN6CCC(C(F)(F)F)CC6)CC5)nc4c3F)c12. The second-order valence-electron chi connectivity index (χ2n) is 15.2. The van der Waals surface area contributed by atoms with Crippen molar-refractivity contribution in [1.29, 1.82) is 0 Å². The van der Waals surface area contributed by atoms with Crippen molar-refractivity contribution in [3.8, 4) is 41.2 Å². The number of piperidine rings is 1. The number of rotatable bonds is 9. The molecule has 2 aromatic heterocycles. The number of ether oxygens (including phenoxy) is 2. The van der Waals surface area contributed by atoms with Gasteiger partial charge in [0, 0.05) is 48.1 Å². The number of alkyl halides is 3. The molecule has 9 nitrogen and oxygen atoms in total. The van der Waals surface area contributed by atoms with Crippen molar-refractivity contribution in [2.75, 3.05) is 44.2 Å². The summed E-state index contributed by atoms with van der Waals surface area (Å²) in [5.74, 6) is -0.259. The fraction of sp³-hybridized carbons (Fsp3) is 0.513. The molecule has 14 heteroatoms. The first-order valence-electron chi connectivity index (χ1n) is 18.1. The first-order chi connectivity index (χ1) is 25.1. The highest BCUT2D eigenvalue weighted by atomic mass is 19.4. The van der Waals surface area contributed by atoms with Crippen molar-refractivity contribution in [2.45, 2.75) is 77.7 Å². The number of aromatic hydroxyl groups is 1. The number of terminal acetylenes is 1. The van der Waals surface area contributed by atoms with Crippen molar-refractivity contribution in [1.82, 2.24) is 25.2 Å². The van der Waals surface area contributed by atoms with Crippen LogP contribution in [0, 0.1) is 35.3 Å². The Balaban J connectivity index is 1.33. The van der Waals surface area contributed by atoms with Gasteiger partial charge < -0.3 is 29.7 Å². The summed E-state index contributed by atoms with van der Waals surface area (Å²) in [5, 5.41) is 15.0. The smallest absolute Gasteiger partial charge is 0.391 e. The molecule has 7 rings (SSSR count). The number of phenolic OH excluding ortho intramolecular Hbond substituents is 1. The maximum absolute atomic E-state index is 17.3. The summed E-state index contributed by atoms with van der Waals surface area (Å²) in [6.45, 7) is 10.2. The van der Waals surface area contributed by atoms with E-state index in [1.54, 1.807) is 13.8 Å². The van der Waals surface area contributed by atoms with Gasteiger partial charge in [0.2, 0.25) is 5.88 Å². The van der Waals surface area contributed by atoms with Gasteiger partial charge in [-0.25, -0.2) is 13.8 Å². The molecule has 0 spiro atoms. The zero-order chi connectivity index (χ0) is 37.8. The van der Waals surface area contributed by atoms with E-state index in [1.165, 1.54) is 24.3 Å². The van der Waals surface area contributed by atoms with Crippen LogP contribution in [0.2, 0.25) is 0 Å². The fourth-order valence-corrected chi connectivity index (χ4v) is 7.77. The Morgan fingerprint density at radius 2 is 1.74 bits per heavy atom. The normalized spacial score (nSPS) is 21.0. The van der Waals surface area contributed by atoms with Crippen LogP contribution in [0.25, 0.3) is 32.9 Å². The summed E-state index contributed by atoms with van der Waals surface area (Å²) >= 11 is 0. The molecule has 282 valence electrons. The van der Waals surface area contributed by atoms with Crippen molar-refractivity contribution >= 4 is 27.5 Å². The molecule has 3 fully saturated rings. The first kappa shape index (κ1) is 36.9. The maximum atomic E-state index is 17.3. The monoisotopic (exact) mass is 738 g/mol. The topological polar surface area (TPSA) is 95.9 Å². The number of fused-ring (bicyclic) bond motifs is 2. The van der Waals surface area contributed by atoms with Crippen molar-refractivity contribution in [3.63, 3.8) is 0 Å². The van der Waals surface area contributed by atoms with Crippen molar-refractivity contribution in [2.24, 2.45) is 11.3 Å². The number of hydrogen-bond donors (Lipinski definition) is 2. The minimum Gasteiger partial charge on any atom is -0.508 e. The third kappa shape index (κ3) is 7.51. The lowest BCUT2D eigenvalue weighted by Crippen LogP contribution is -2.54. The molecule has 1 saturated carbocycles. The number of likely N-dealkylation sites (tertiary alicyclic amines) is 1. The Kier molecular flexibility index (Phi) is 9.78. The Morgan fingerprint density at radius 1 is 1.04 bits per heavy atom. The van der Waals surface area contributed by atoms with Crippen LogP contribution in [-0.4, -0.2) is 88.7 Å². The Labute approximate surface area is 304 Å². The molecule has 2 atom stereocenters. The molecule has 2 N–H and O–H groups in total. The van der Waals surface area contributed by atoms with Gasteiger partial charge in [-0.3, -0.25) is 0 Å². The lowest BCUT2D eigenvalue weighted by Gasteiger charge is -2.37. The van der Waals surface area contributed by atoms with Gasteiger partial charge in [0.15, 0.2) is 5.82 Å². The molecule has 1 aliphatic carbocycles. The second kappa shape index (κ2) is 14.1. The number of piperazine rings is 1. The van der Waals surface area contributed by atoms with Gasteiger partial charge in [0.1, 0.15) is 34.0 Å². The van der Waals surface area contributed by atoms with Crippen LogP contribution in [-0.2, 0) is 0 Å². The van der Waals surface area contributed by atoms with Gasteiger partial charge in [-0.1, -0.05) is 12.0 Å². The van der Waals surface area contributed by atoms with Gasteiger partial charge in [-0.2, -0.15) is 23.1 Å². The number of aromatic nitrogens is 3. The summed E-state index contributed by atoms with van der Waals surface area (Å²) in [7, 11) is 0. The highest BCUT2D eigenvalue weighted by Gasteiger charge is 2.47. The predicted molar refractivity (Wildman–Crippen MR) is 192 cm³/mol. The summed E-state index contributed by atoms with van der Waals surface area (Å²) in [4.78, 5) is 18.2. The Hall–Kier alpha value is -4.48. The molecular formula is C39H43F5N6O3. The number of benzene rings is 2. The first-order valence-corrected chi connectivity index (χ1v) is 18.1. The number of halogens is 5. The van der Waals surface area contributed by atoms with Gasteiger partial charge in [-0.05, 0) is 90.1 Å². The molecule has 2 saturated heterocycles. The maximum Gasteiger partial charge on any atom is 0.391 e. The summed E-state index contributed by atoms with van der Waals surface area (Å²) in [6, 6.07) is 5.38. The molecule has 4 aromatic rings. The van der Waals surface area contributed by atoms with E-state index in [9.17, 15) is 18.3 Å². The average Bonchev–Trinajstić information content (AvgIpc) is 3.86. The number of hydrogen-bond acceptors (Lipinski definition) is 9. The van der Waals surface area contributed by atoms with Crippen LogP contribution < -0.4 is 19.7 Å². The van der Waals surface area contributed by atoms with E-state index in [0.717, 1.165) is 12.8 Å². The van der Waals surface area contributed by atoms with E-state index in [2.05, 4.69) is 26.1 Å². The summed E-state index contributed by atoms with van der Waals surface area (Å²) < 4.78 is 84.7. The van der Waals surface area contributed by atoms with Gasteiger partial charge in [0.25, 0.3) is 0 Å². The quantitative estimate of drug-likeness (QED) is 0.136. The van der Waals surface area contributed by atoms with E-state index >= 15 is 8.78 Å². The highest BCUT2D eigenvalue weighted by Crippen LogP contribution is 2.48. The zero-order valence-electron chi connectivity index (χ0n) is 30.2. The molecule has 2 aliphatic heterocycles. The Bertz CT molecular complexity index is 2060. The molecule has 4 heterocycles. The molecule has 53 heavy (non-hydrogen) atoms. The van der Waals surface area contributed by atoms with Crippen molar-refractivity contribution < 1.29 is 36.5 Å². The molecule has 2 unspecified atom stereocenters. The molecule has 0 amide bonds. The molecule has 0 radical (unpaired) electrons. The van der Waals surface area contributed by atoms with Gasteiger partial charge in [-0.15, -0.1) is 6.42 Å². The standard InChI is InChI=1S/C39H43F5N6O3/c1-6-27-29(40)8-7-24-15-26(51)16-28(30(24)27)33-32(41)34-31(36(46-33)53-21(2)3)35(50-17-22(4)45-23(5)18-50)48-37(47-34)52-20-38(11-12-38)19-49-13-9-25(10-14-49)39(42,43)44/h1,7-8,15-16,21-23,25,45,51H,9-14,17-20H2,2-5H3. The van der Waals surface area contributed by atoms with Gasteiger partial charge in [0.05, 0.1) is 24.2 Å². The fourth-order valence-electron chi connectivity index (χ4n) is 7.77. The van der Waals surface area contributed by atoms with Crippen LogP contribution in [0.15, 0.2) is 24.3 Å². The zero-order valence-corrected chi connectivity index (χ0v) is 30.2. The number of nitrogens with zero attached hydrogens (tertiary/aromatic N) is 5. The van der Waals surface area contributed by atoms with E-state index in [4.69, 9.17) is 20.9 Å². The van der Waals surface area contributed by atoms with Crippen LogP contribution in [0.5, 0.6) is 17.6 Å². The van der Waals surface area contributed by atoms with E-state index in [1.807, 2.05) is 18.7 Å². The number of nitrogens with one attached hydrogen (secondary N) is 1. The number of pyridine rings is 1. The lowest BCUT2D eigenvalue weighted by atomic mass is 9.95. The van der Waals surface area contributed by atoms with Gasteiger partial charge >= 0.3 is 12.2 Å². The molecular weight excluding hydrogens is 695 g/mol. The van der Waals surface area contributed by atoms with Crippen LogP contribution in [0.3, 0.4) is 0 Å². The lowest BCUT2D eigenvalue weighted by molar-refractivity contribution is -0.185. The third-order valence-corrected chi connectivity index (χ3v) is 10.4. The van der Waals surface area contributed by atoms with Crippen LogP contribution in [0.4, 0.5) is 27.8 Å². The predicted octanol–water partition coefficient (Wildman–Crippen LogP) is 7.22. The highest BCUT2D eigenvalue weighted by molar-refractivity contribution is 6.04. The average molecular weight is 739 g/mol. The number of anilines is 1. The minimum atomic E-state index is -4.18. The summed E-state index contributed by atoms with van der Waals surface area (Å²) in [5.41, 5.74) is -0.739. The van der Waals surface area contributed by atoms with E-state index < -0.39 is 29.8 Å². The molecule has 2 aromatic carbocycles. The Morgan fingerprint density at radius 3 is 2.36 bits per heavy atom. The second-order valence-corrected chi connectivity index (χ2v) is 15.2. The largest absolute Gasteiger partial charge is 0.508 e. The summed E-state index contributed by atoms with van der Waals surface area (Å²) in [6.07, 6.45) is 2.95. The third-order valence-electron chi connectivity index (χ3n) is 10.4. The molecule has 3 aliphatic rings. The van der Waals surface area contributed by atoms with E-state index in [0.29, 0.717) is 43.9 Å². The van der Waals surface area contributed by atoms with Crippen molar-refractivity contribution in [3.05, 3.63) is 41.5 Å². The molecule has 0 bridgehead atoms. The van der Waals surface area contributed by atoms with E-state index in [-0.39, 0.29) is 87.7 Å².